The molecule has 0 aromatic carbocycles. The monoisotopic (exact) mass is 322 g/mol. The van der Waals surface area contributed by atoms with Gasteiger partial charge in [-0.1, -0.05) is 6.07 Å². The van der Waals surface area contributed by atoms with Crippen LogP contribution in [0.1, 0.15) is 26.8 Å². The normalized spacial score (nSPS) is 19.8. The van der Waals surface area contributed by atoms with Crippen LogP contribution >= 0.6 is 22.7 Å². The van der Waals surface area contributed by atoms with Crippen molar-refractivity contribution in [2.45, 2.75) is 25.9 Å². The third kappa shape index (κ3) is 3.77. The minimum absolute atomic E-state index is 0.151. The van der Waals surface area contributed by atoms with E-state index in [-0.39, 0.29) is 11.8 Å². The van der Waals surface area contributed by atoms with E-state index < -0.39 is 0 Å². The lowest BCUT2D eigenvalue weighted by Crippen LogP contribution is -2.45. The summed E-state index contributed by atoms with van der Waals surface area (Å²) in [5, 5.41) is 5.13. The van der Waals surface area contributed by atoms with E-state index in [1.54, 1.807) is 11.3 Å². The summed E-state index contributed by atoms with van der Waals surface area (Å²) in [4.78, 5) is 20.0. The van der Waals surface area contributed by atoms with Gasteiger partial charge in [-0.3, -0.25) is 9.69 Å². The van der Waals surface area contributed by atoms with E-state index in [2.05, 4.69) is 15.3 Å². The first-order chi connectivity index (χ1) is 10.2. The van der Waals surface area contributed by atoms with Crippen LogP contribution in [0.15, 0.2) is 22.9 Å². The molecule has 0 radical (unpaired) electrons. The number of hydrogen-bond donors (Lipinski definition) is 0. The largest absolute Gasteiger partial charge is 0.378 e. The first kappa shape index (κ1) is 14.8. The van der Waals surface area contributed by atoms with Crippen LogP contribution in [0.3, 0.4) is 0 Å². The zero-order valence-corrected chi connectivity index (χ0v) is 13.6. The van der Waals surface area contributed by atoms with Crippen molar-refractivity contribution in [1.82, 2.24) is 9.88 Å². The highest BCUT2D eigenvalue weighted by atomic mass is 32.1. The number of morpholine rings is 1. The van der Waals surface area contributed by atoms with Crippen molar-refractivity contribution in [3.63, 3.8) is 0 Å². The van der Waals surface area contributed by atoms with Gasteiger partial charge in [0.2, 0.25) is 0 Å². The third-order valence-electron chi connectivity index (χ3n) is 3.57. The Morgan fingerprint density at radius 2 is 2.43 bits per heavy atom. The molecule has 4 nitrogen and oxygen atoms in total. The zero-order chi connectivity index (χ0) is 14.7. The number of carbonyl (C=O) groups excluding carboxylic acids is 1. The van der Waals surface area contributed by atoms with Crippen molar-refractivity contribution in [3.05, 3.63) is 38.5 Å². The predicted octanol–water partition coefficient (Wildman–Crippen LogP) is 2.99. The molecule has 1 aliphatic heterocycles. The lowest BCUT2D eigenvalue weighted by Gasteiger charge is -2.34. The molecule has 0 amide bonds. The summed E-state index contributed by atoms with van der Waals surface area (Å²) >= 11 is 3.19. The fourth-order valence-corrected chi connectivity index (χ4v) is 3.96. The van der Waals surface area contributed by atoms with Gasteiger partial charge < -0.3 is 4.74 Å². The Morgan fingerprint density at radius 1 is 1.52 bits per heavy atom. The number of ether oxygens (including phenoxy) is 1. The summed E-state index contributed by atoms with van der Waals surface area (Å²) < 4.78 is 5.57. The molecular weight excluding hydrogens is 304 g/mol. The van der Waals surface area contributed by atoms with Crippen LogP contribution in [0, 0.1) is 6.92 Å². The first-order valence-corrected chi connectivity index (χ1v) is 8.78. The second-order valence-electron chi connectivity index (χ2n) is 5.19. The Morgan fingerprint density at radius 3 is 3.14 bits per heavy atom. The molecule has 1 aliphatic rings. The number of aryl methyl sites for hydroxylation is 1. The maximum absolute atomic E-state index is 12.3. The predicted molar refractivity (Wildman–Crippen MR) is 85.1 cm³/mol. The molecule has 0 saturated carbocycles. The van der Waals surface area contributed by atoms with Crippen LogP contribution in [0.2, 0.25) is 0 Å². The van der Waals surface area contributed by atoms with Crippen LogP contribution in [0.25, 0.3) is 0 Å². The number of Topliss-reactive ketones (excluding diaryl/α,β-unsaturated/α-hetero) is 1. The molecule has 0 spiro atoms. The van der Waals surface area contributed by atoms with E-state index in [1.165, 1.54) is 11.3 Å². The average Bonchev–Trinajstić information content (AvgIpc) is 3.13. The molecule has 2 aromatic rings. The van der Waals surface area contributed by atoms with E-state index in [9.17, 15) is 4.79 Å². The molecule has 2 aromatic heterocycles. The van der Waals surface area contributed by atoms with E-state index in [0.717, 1.165) is 35.3 Å². The lowest BCUT2D eigenvalue weighted by molar-refractivity contribution is -0.0125. The molecule has 0 bridgehead atoms. The van der Waals surface area contributed by atoms with Gasteiger partial charge in [0.25, 0.3) is 0 Å². The van der Waals surface area contributed by atoms with Gasteiger partial charge in [-0.25, -0.2) is 4.98 Å². The van der Waals surface area contributed by atoms with Crippen LogP contribution in [0.4, 0.5) is 0 Å². The number of aromatic nitrogens is 1. The van der Waals surface area contributed by atoms with Gasteiger partial charge in [0.05, 0.1) is 24.6 Å². The molecule has 1 saturated heterocycles. The summed E-state index contributed by atoms with van der Waals surface area (Å²) in [6.45, 7) is 5.04. The Kier molecular flexibility index (Phi) is 4.80. The molecule has 0 aliphatic carbocycles. The third-order valence-corrected chi connectivity index (χ3v) is 5.43. The van der Waals surface area contributed by atoms with E-state index in [4.69, 9.17) is 4.74 Å². The Bertz CT molecular complexity index is 595. The van der Waals surface area contributed by atoms with Crippen LogP contribution in [-0.4, -0.2) is 41.5 Å². The SMILES string of the molecule is Cc1csc(CN2CCOC[C@H]2CC(=O)c2cccs2)n1. The summed E-state index contributed by atoms with van der Waals surface area (Å²) in [7, 11) is 0. The van der Waals surface area contributed by atoms with Crippen molar-refractivity contribution in [2.75, 3.05) is 19.8 Å². The topological polar surface area (TPSA) is 42.4 Å². The van der Waals surface area contributed by atoms with Crippen molar-refractivity contribution in [2.24, 2.45) is 0 Å². The van der Waals surface area contributed by atoms with Gasteiger partial charge in [0.15, 0.2) is 5.78 Å². The number of carbonyl (C=O) groups is 1. The van der Waals surface area contributed by atoms with E-state index in [0.29, 0.717) is 13.0 Å². The summed E-state index contributed by atoms with van der Waals surface area (Å²) in [5.41, 5.74) is 1.06. The number of thiazole rings is 1. The molecule has 0 unspecified atom stereocenters. The highest BCUT2D eigenvalue weighted by Gasteiger charge is 2.26. The Hall–Kier alpha value is -1.08. The molecule has 1 atom stereocenters. The molecule has 0 N–H and O–H groups in total. The molecule has 3 heterocycles. The van der Waals surface area contributed by atoms with E-state index in [1.807, 2.05) is 24.4 Å². The summed E-state index contributed by atoms with van der Waals surface area (Å²) in [6, 6.07) is 3.97. The number of nitrogens with zero attached hydrogens (tertiary/aromatic N) is 2. The molecular formula is C15H18N2O2S2. The van der Waals surface area contributed by atoms with Crippen molar-refractivity contribution < 1.29 is 9.53 Å². The second kappa shape index (κ2) is 6.79. The van der Waals surface area contributed by atoms with Crippen molar-refractivity contribution in [3.8, 4) is 0 Å². The van der Waals surface area contributed by atoms with Gasteiger partial charge in [-0.15, -0.1) is 22.7 Å². The minimum atomic E-state index is 0.151. The molecule has 21 heavy (non-hydrogen) atoms. The van der Waals surface area contributed by atoms with Crippen molar-refractivity contribution >= 4 is 28.5 Å². The first-order valence-electron chi connectivity index (χ1n) is 7.02. The smallest absolute Gasteiger partial charge is 0.174 e. The van der Waals surface area contributed by atoms with E-state index >= 15 is 0 Å². The highest BCUT2D eigenvalue weighted by molar-refractivity contribution is 7.12. The maximum atomic E-state index is 12.3. The van der Waals surface area contributed by atoms with Gasteiger partial charge in [-0.2, -0.15) is 0 Å². The zero-order valence-electron chi connectivity index (χ0n) is 11.9. The quantitative estimate of drug-likeness (QED) is 0.794. The minimum Gasteiger partial charge on any atom is -0.378 e. The fourth-order valence-electron chi connectivity index (χ4n) is 2.49. The van der Waals surface area contributed by atoms with Gasteiger partial charge in [0, 0.05) is 30.1 Å². The lowest BCUT2D eigenvalue weighted by atomic mass is 10.1. The summed E-state index contributed by atoms with van der Waals surface area (Å²) in [5.74, 6) is 0.209. The van der Waals surface area contributed by atoms with Gasteiger partial charge >= 0.3 is 0 Å². The fraction of sp³-hybridized carbons (Fsp3) is 0.467. The average molecular weight is 322 g/mol. The van der Waals surface area contributed by atoms with Gasteiger partial charge in [-0.05, 0) is 18.4 Å². The molecule has 3 rings (SSSR count). The summed E-state index contributed by atoms with van der Waals surface area (Å²) in [6.07, 6.45) is 0.519. The van der Waals surface area contributed by atoms with Crippen molar-refractivity contribution in [1.29, 1.82) is 0 Å². The number of rotatable bonds is 5. The van der Waals surface area contributed by atoms with Crippen LogP contribution in [0.5, 0.6) is 0 Å². The standard InChI is InChI=1S/C15H18N2O2S2/c1-11-10-21-15(16-11)8-17-4-5-19-9-12(17)7-13(18)14-3-2-6-20-14/h2-3,6,10,12H,4-5,7-9H2,1H3/t12-/m1/s1. The molecule has 1 fully saturated rings. The molecule has 112 valence electrons. The Balaban J connectivity index is 1.65. The highest BCUT2D eigenvalue weighted by Crippen LogP contribution is 2.20. The maximum Gasteiger partial charge on any atom is 0.174 e. The Labute approximate surface area is 132 Å². The van der Waals surface area contributed by atoms with Crippen LogP contribution < -0.4 is 0 Å². The number of hydrogen-bond acceptors (Lipinski definition) is 6. The van der Waals surface area contributed by atoms with Gasteiger partial charge in [0.1, 0.15) is 5.01 Å². The molecule has 6 heteroatoms. The number of thiophene rings is 1. The number of ketones is 1. The second-order valence-corrected chi connectivity index (χ2v) is 7.08. The van der Waals surface area contributed by atoms with Crippen LogP contribution in [-0.2, 0) is 11.3 Å².